The van der Waals surface area contributed by atoms with Crippen molar-refractivity contribution < 1.29 is 9.90 Å². The van der Waals surface area contributed by atoms with E-state index in [0.29, 0.717) is 0 Å². The van der Waals surface area contributed by atoms with Gasteiger partial charge in [-0.25, -0.2) is 0 Å². The van der Waals surface area contributed by atoms with Crippen LogP contribution < -0.4 is 0 Å². The number of carbonyl (C=O) groups is 1. The van der Waals surface area contributed by atoms with Gasteiger partial charge in [-0.15, -0.1) is 0 Å². The van der Waals surface area contributed by atoms with Gasteiger partial charge in [0.2, 0.25) is 0 Å². The van der Waals surface area contributed by atoms with Crippen LogP contribution in [0.25, 0.3) is 0 Å². The minimum atomic E-state index is -0.674. The van der Waals surface area contributed by atoms with E-state index in [0.717, 1.165) is 12.8 Å². The van der Waals surface area contributed by atoms with Crippen LogP contribution in [0, 0.1) is 11.3 Å². The SMILES string of the molecule is CC1=C(CC[C@@H](C)C(=O)O)C(C)(C)CCC1. The highest BCUT2D eigenvalue weighted by Gasteiger charge is 2.28. The molecule has 1 N–H and O–H groups in total. The van der Waals surface area contributed by atoms with Crippen molar-refractivity contribution in [3.8, 4) is 0 Å². The van der Waals surface area contributed by atoms with Crippen LogP contribution in [0.1, 0.15) is 59.8 Å². The second-order valence-electron chi connectivity index (χ2n) is 5.77. The van der Waals surface area contributed by atoms with Crippen LogP contribution in [0.3, 0.4) is 0 Å². The maximum atomic E-state index is 10.8. The standard InChI is InChI=1S/C14H24O2/c1-10-6-5-9-14(3,4)12(10)8-7-11(2)13(15)16/h11H,5-9H2,1-4H3,(H,15,16)/t11-/m1/s1. The van der Waals surface area contributed by atoms with Crippen LogP contribution in [-0.4, -0.2) is 11.1 Å². The molecule has 2 nitrogen and oxygen atoms in total. The first kappa shape index (κ1) is 13.3. The van der Waals surface area contributed by atoms with E-state index in [4.69, 9.17) is 5.11 Å². The lowest BCUT2D eigenvalue weighted by Crippen LogP contribution is -2.21. The molecule has 92 valence electrons. The topological polar surface area (TPSA) is 37.3 Å². The lowest BCUT2D eigenvalue weighted by molar-refractivity contribution is -0.141. The number of aliphatic carboxylic acids is 1. The zero-order valence-electron chi connectivity index (χ0n) is 11.0. The molecule has 1 aliphatic carbocycles. The summed E-state index contributed by atoms with van der Waals surface area (Å²) in [7, 11) is 0. The van der Waals surface area contributed by atoms with E-state index in [2.05, 4.69) is 20.8 Å². The molecular formula is C14H24O2. The zero-order chi connectivity index (χ0) is 12.3. The van der Waals surface area contributed by atoms with Crippen molar-refractivity contribution in [3.63, 3.8) is 0 Å². The lowest BCUT2D eigenvalue weighted by Gasteiger charge is -2.35. The fourth-order valence-electron chi connectivity index (χ4n) is 2.71. The summed E-state index contributed by atoms with van der Waals surface area (Å²) in [5.74, 6) is -0.898. The number of allylic oxidation sites excluding steroid dienone is 2. The van der Waals surface area contributed by atoms with Crippen LogP contribution in [0.2, 0.25) is 0 Å². The molecule has 2 heteroatoms. The van der Waals surface area contributed by atoms with E-state index in [1.165, 1.54) is 30.4 Å². The van der Waals surface area contributed by atoms with Crippen LogP contribution in [-0.2, 0) is 4.79 Å². The Hall–Kier alpha value is -0.790. The molecule has 1 rings (SSSR count). The van der Waals surface area contributed by atoms with Gasteiger partial charge < -0.3 is 5.11 Å². The highest BCUT2D eigenvalue weighted by atomic mass is 16.4. The molecule has 0 radical (unpaired) electrons. The van der Waals surface area contributed by atoms with Gasteiger partial charge in [-0.05, 0) is 44.4 Å². The van der Waals surface area contributed by atoms with Crippen molar-refractivity contribution in [1.82, 2.24) is 0 Å². The monoisotopic (exact) mass is 224 g/mol. The Morgan fingerprint density at radius 1 is 1.50 bits per heavy atom. The summed E-state index contributed by atoms with van der Waals surface area (Å²) in [6.07, 6.45) is 5.43. The van der Waals surface area contributed by atoms with Gasteiger partial charge >= 0.3 is 5.97 Å². The van der Waals surface area contributed by atoms with Crippen molar-refractivity contribution in [3.05, 3.63) is 11.1 Å². The number of hydrogen-bond donors (Lipinski definition) is 1. The summed E-state index contributed by atoms with van der Waals surface area (Å²) < 4.78 is 0. The van der Waals surface area contributed by atoms with E-state index < -0.39 is 5.97 Å². The molecule has 0 spiro atoms. The number of hydrogen-bond acceptors (Lipinski definition) is 1. The molecule has 0 aromatic rings. The summed E-state index contributed by atoms with van der Waals surface area (Å²) in [5, 5.41) is 8.89. The van der Waals surface area contributed by atoms with Gasteiger partial charge in [-0.3, -0.25) is 4.79 Å². The number of carboxylic acid groups (broad SMARTS) is 1. The number of carboxylic acids is 1. The maximum absolute atomic E-state index is 10.8. The molecule has 0 heterocycles. The highest BCUT2D eigenvalue weighted by Crippen LogP contribution is 2.42. The fraction of sp³-hybridized carbons (Fsp3) is 0.786. The third-order valence-corrected chi connectivity index (χ3v) is 3.93. The molecule has 0 saturated carbocycles. The maximum Gasteiger partial charge on any atom is 0.306 e. The summed E-state index contributed by atoms with van der Waals surface area (Å²) in [4.78, 5) is 10.8. The van der Waals surface area contributed by atoms with E-state index in [-0.39, 0.29) is 11.3 Å². The molecule has 1 aliphatic rings. The van der Waals surface area contributed by atoms with Gasteiger partial charge in [0.05, 0.1) is 5.92 Å². The van der Waals surface area contributed by atoms with Crippen LogP contribution in [0.15, 0.2) is 11.1 Å². The van der Waals surface area contributed by atoms with Gasteiger partial charge in [-0.2, -0.15) is 0 Å². The molecule has 16 heavy (non-hydrogen) atoms. The van der Waals surface area contributed by atoms with Gasteiger partial charge in [0.15, 0.2) is 0 Å². The van der Waals surface area contributed by atoms with Crippen molar-refractivity contribution in [2.75, 3.05) is 0 Å². The first-order chi connectivity index (χ1) is 7.34. The van der Waals surface area contributed by atoms with E-state index in [1.54, 1.807) is 6.92 Å². The number of rotatable bonds is 4. The van der Waals surface area contributed by atoms with Gasteiger partial charge in [-0.1, -0.05) is 31.9 Å². The van der Waals surface area contributed by atoms with Crippen molar-refractivity contribution in [2.24, 2.45) is 11.3 Å². The summed E-state index contributed by atoms with van der Waals surface area (Å²) >= 11 is 0. The lowest BCUT2D eigenvalue weighted by atomic mass is 9.71. The molecule has 0 aliphatic heterocycles. The largest absolute Gasteiger partial charge is 0.481 e. The molecule has 0 unspecified atom stereocenters. The second kappa shape index (κ2) is 5.03. The fourth-order valence-corrected chi connectivity index (χ4v) is 2.71. The van der Waals surface area contributed by atoms with E-state index in [9.17, 15) is 4.79 Å². The summed E-state index contributed by atoms with van der Waals surface area (Å²) in [5.41, 5.74) is 3.28. The predicted octanol–water partition coefficient (Wildman–Crippen LogP) is 4.01. The van der Waals surface area contributed by atoms with Crippen LogP contribution in [0.5, 0.6) is 0 Å². The minimum Gasteiger partial charge on any atom is -0.481 e. The third-order valence-electron chi connectivity index (χ3n) is 3.93. The molecule has 0 aromatic carbocycles. The van der Waals surface area contributed by atoms with Crippen molar-refractivity contribution in [2.45, 2.75) is 59.8 Å². The van der Waals surface area contributed by atoms with Gasteiger partial charge in [0.1, 0.15) is 0 Å². The van der Waals surface area contributed by atoms with Crippen molar-refractivity contribution in [1.29, 1.82) is 0 Å². The Bertz CT molecular complexity index is 300. The highest BCUT2D eigenvalue weighted by molar-refractivity contribution is 5.69. The summed E-state index contributed by atoms with van der Waals surface area (Å²) in [6, 6.07) is 0. The Morgan fingerprint density at radius 3 is 2.62 bits per heavy atom. The molecular weight excluding hydrogens is 200 g/mol. The predicted molar refractivity (Wildman–Crippen MR) is 66.4 cm³/mol. The Kier molecular flexibility index (Phi) is 4.17. The molecule has 0 saturated heterocycles. The van der Waals surface area contributed by atoms with Gasteiger partial charge in [0, 0.05) is 0 Å². The molecule has 0 bridgehead atoms. The normalized spacial score (nSPS) is 22.0. The molecule has 0 amide bonds. The van der Waals surface area contributed by atoms with E-state index >= 15 is 0 Å². The first-order valence-corrected chi connectivity index (χ1v) is 6.26. The van der Waals surface area contributed by atoms with Crippen LogP contribution >= 0.6 is 0 Å². The van der Waals surface area contributed by atoms with Crippen LogP contribution in [0.4, 0.5) is 0 Å². The Morgan fingerprint density at radius 2 is 2.12 bits per heavy atom. The average molecular weight is 224 g/mol. The first-order valence-electron chi connectivity index (χ1n) is 6.26. The Balaban J connectivity index is 2.67. The smallest absolute Gasteiger partial charge is 0.306 e. The quantitative estimate of drug-likeness (QED) is 0.732. The average Bonchev–Trinajstić information content (AvgIpc) is 2.15. The molecule has 0 fully saturated rings. The van der Waals surface area contributed by atoms with E-state index in [1.807, 2.05) is 0 Å². The second-order valence-corrected chi connectivity index (χ2v) is 5.77. The third kappa shape index (κ3) is 3.10. The van der Waals surface area contributed by atoms with Gasteiger partial charge in [0.25, 0.3) is 0 Å². The minimum absolute atomic E-state index is 0.224. The Labute approximate surface area is 98.7 Å². The zero-order valence-corrected chi connectivity index (χ0v) is 11.0. The molecule has 0 aromatic heterocycles. The molecule has 1 atom stereocenters. The van der Waals surface area contributed by atoms with Crippen molar-refractivity contribution >= 4 is 5.97 Å². The summed E-state index contributed by atoms with van der Waals surface area (Å²) in [6.45, 7) is 8.59.